The summed E-state index contributed by atoms with van der Waals surface area (Å²) in [5, 5.41) is 4.15. The average molecular weight is 362 g/mol. The maximum Gasteiger partial charge on any atom is 0.291 e. The van der Waals surface area contributed by atoms with Crippen LogP contribution in [0.5, 0.6) is 0 Å². The Labute approximate surface area is 149 Å². The fourth-order valence-electron chi connectivity index (χ4n) is 2.11. The molecule has 0 fully saturated rings. The van der Waals surface area contributed by atoms with E-state index >= 15 is 0 Å². The summed E-state index contributed by atoms with van der Waals surface area (Å²) in [6, 6.07) is 8.91. The molecular formula is C17H16ClN3O2S. The predicted molar refractivity (Wildman–Crippen MR) is 95.6 cm³/mol. The zero-order valence-corrected chi connectivity index (χ0v) is 14.8. The van der Waals surface area contributed by atoms with E-state index in [4.69, 9.17) is 16.0 Å². The third-order valence-electron chi connectivity index (χ3n) is 3.38. The molecule has 3 aromatic rings. The molecule has 0 unspecified atom stereocenters. The van der Waals surface area contributed by atoms with E-state index in [1.807, 2.05) is 30.8 Å². The van der Waals surface area contributed by atoms with E-state index in [9.17, 15) is 4.79 Å². The fraction of sp³-hybridized carbons (Fsp3) is 0.176. The molecule has 2 heterocycles. The van der Waals surface area contributed by atoms with E-state index < -0.39 is 0 Å². The zero-order chi connectivity index (χ0) is 17.1. The van der Waals surface area contributed by atoms with Crippen molar-refractivity contribution in [2.24, 2.45) is 7.05 Å². The fourth-order valence-corrected chi connectivity index (χ4v) is 3.22. The molecule has 0 aliphatic carbocycles. The second-order valence-corrected chi connectivity index (χ2v) is 6.66. The van der Waals surface area contributed by atoms with Crippen LogP contribution in [-0.4, -0.2) is 15.5 Å². The van der Waals surface area contributed by atoms with E-state index in [1.54, 1.807) is 42.2 Å². The van der Waals surface area contributed by atoms with E-state index in [-0.39, 0.29) is 11.7 Å². The molecule has 0 aliphatic heterocycles. The molecule has 0 aliphatic rings. The molecule has 0 bridgehead atoms. The smallest absolute Gasteiger partial charge is 0.291 e. The van der Waals surface area contributed by atoms with Crippen molar-refractivity contribution in [3.63, 3.8) is 0 Å². The normalized spacial score (nSPS) is 10.8. The van der Waals surface area contributed by atoms with Gasteiger partial charge in [-0.3, -0.25) is 4.79 Å². The van der Waals surface area contributed by atoms with Crippen molar-refractivity contribution >= 4 is 35.0 Å². The number of imidazole rings is 1. The number of aryl methyl sites for hydroxylation is 2. The second-order valence-electron chi connectivity index (χ2n) is 5.31. The van der Waals surface area contributed by atoms with Gasteiger partial charge in [0, 0.05) is 19.4 Å². The zero-order valence-electron chi connectivity index (χ0n) is 13.2. The molecule has 0 spiro atoms. The van der Waals surface area contributed by atoms with Crippen molar-refractivity contribution in [3.8, 4) is 0 Å². The lowest BCUT2D eigenvalue weighted by molar-refractivity contribution is 0.0995. The van der Waals surface area contributed by atoms with Crippen LogP contribution in [0.25, 0.3) is 0 Å². The van der Waals surface area contributed by atoms with E-state index in [0.29, 0.717) is 22.2 Å². The molecule has 7 heteroatoms. The second kappa shape index (κ2) is 7.15. The van der Waals surface area contributed by atoms with Crippen LogP contribution in [0.4, 0.5) is 5.69 Å². The van der Waals surface area contributed by atoms with Gasteiger partial charge in [-0.05, 0) is 36.8 Å². The Morgan fingerprint density at radius 2 is 2.21 bits per heavy atom. The van der Waals surface area contributed by atoms with Gasteiger partial charge >= 0.3 is 0 Å². The molecular weight excluding hydrogens is 346 g/mol. The van der Waals surface area contributed by atoms with Crippen LogP contribution in [0.15, 0.2) is 52.3 Å². The number of hydrogen-bond donors (Lipinski definition) is 1. The highest BCUT2D eigenvalue weighted by Gasteiger charge is 2.13. The van der Waals surface area contributed by atoms with Gasteiger partial charge in [-0.1, -0.05) is 29.4 Å². The summed E-state index contributed by atoms with van der Waals surface area (Å²) in [4.78, 5) is 16.5. The van der Waals surface area contributed by atoms with Gasteiger partial charge in [0.1, 0.15) is 5.76 Å². The largest absolute Gasteiger partial charge is 0.455 e. The Balaban J connectivity index is 1.64. The van der Waals surface area contributed by atoms with Crippen molar-refractivity contribution in [2.45, 2.75) is 17.8 Å². The number of aromatic nitrogens is 2. The first kappa shape index (κ1) is 16.7. The van der Waals surface area contributed by atoms with Gasteiger partial charge < -0.3 is 14.3 Å². The highest BCUT2D eigenvalue weighted by atomic mass is 35.5. The molecule has 1 N–H and O–H groups in total. The Hall–Kier alpha value is -2.18. The number of benzene rings is 1. The molecule has 24 heavy (non-hydrogen) atoms. The van der Waals surface area contributed by atoms with E-state index in [2.05, 4.69) is 10.3 Å². The Morgan fingerprint density at radius 1 is 1.38 bits per heavy atom. The first-order valence-electron chi connectivity index (χ1n) is 7.29. The summed E-state index contributed by atoms with van der Waals surface area (Å²) in [6.45, 7) is 1.94. The minimum Gasteiger partial charge on any atom is -0.455 e. The molecule has 1 aromatic carbocycles. The SMILES string of the molecule is Cc1ccc(NC(=O)c2ccc(CSc3nccn3C)o2)c(Cl)c1. The van der Waals surface area contributed by atoms with Crippen LogP contribution >= 0.6 is 23.4 Å². The lowest BCUT2D eigenvalue weighted by Gasteiger charge is -2.06. The molecule has 2 aromatic heterocycles. The number of halogens is 1. The summed E-state index contributed by atoms with van der Waals surface area (Å²) in [7, 11) is 1.93. The highest BCUT2D eigenvalue weighted by molar-refractivity contribution is 7.98. The molecule has 0 atom stereocenters. The number of hydrogen-bond acceptors (Lipinski definition) is 4. The number of nitrogens with one attached hydrogen (secondary N) is 1. The van der Waals surface area contributed by atoms with Crippen molar-refractivity contribution in [2.75, 3.05) is 5.32 Å². The molecule has 124 valence electrons. The van der Waals surface area contributed by atoms with Crippen LogP contribution in [0.3, 0.4) is 0 Å². The molecule has 0 saturated carbocycles. The molecule has 0 radical (unpaired) electrons. The minimum atomic E-state index is -0.325. The van der Waals surface area contributed by atoms with Gasteiger partial charge in [-0.2, -0.15) is 0 Å². The predicted octanol–water partition coefficient (Wildman–Crippen LogP) is 4.52. The van der Waals surface area contributed by atoms with Crippen LogP contribution in [-0.2, 0) is 12.8 Å². The number of carbonyl (C=O) groups is 1. The van der Waals surface area contributed by atoms with Gasteiger partial charge in [0.15, 0.2) is 10.9 Å². The standard InChI is InChI=1S/C17H16ClN3O2S/c1-11-3-5-14(13(18)9-11)20-16(22)15-6-4-12(23-15)10-24-17-19-7-8-21(17)2/h3-9H,10H2,1-2H3,(H,20,22). The van der Waals surface area contributed by atoms with Crippen LogP contribution in [0.2, 0.25) is 5.02 Å². The number of thioether (sulfide) groups is 1. The molecule has 3 rings (SSSR count). The van der Waals surface area contributed by atoms with Crippen molar-refractivity contribution in [1.29, 1.82) is 0 Å². The lowest BCUT2D eigenvalue weighted by atomic mass is 10.2. The monoisotopic (exact) mass is 361 g/mol. The van der Waals surface area contributed by atoms with E-state index in [0.717, 1.165) is 10.7 Å². The summed E-state index contributed by atoms with van der Waals surface area (Å²) >= 11 is 7.68. The van der Waals surface area contributed by atoms with Crippen molar-refractivity contribution in [1.82, 2.24) is 9.55 Å². The Bertz CT molecular complexity index is 872. The number of rotatable bonds is 5. The third-order valence-corrected chi connectivity index (χ3v) is 4.77. The maximum absolute atomic E-state index is 12.3. The Kier molecular flexibility index (Phi) is 4.97. The van der Waals surface area contributed by atoms with Crippen LogP contribution in [0, 0.1) is 6.92 Å². The average Bonchev–Trinajstić information content (AvgIpc) is 3.17. The lowest BCUT2D eigenvalue weighted by Crippen LogP contribution is -2.11. The third kappa shape index (κ3) is 3.83. The Morgan fingerprint density at radius 3 is 2.92 bits per heavy atom. The molecule has 5 nitrogen and oxygen atoms in total. The number of furan rings is 1. The maximum atomic E-state index is 12.3. The number of anilines is 1. The summed E-state index contributed by atoms with van der Waals surface area (Å²) < 4.78 is 7.54. The number of carbonyl (C=O) groups excluding carboxylic acids is 1. The summed E-state index contributed by atoms with van der Waals surface area (Å²) in [6.07, 6.45) is 3.63. The van der Waals surface area contributed by atoms with Crippen LogP contribution < -0.4 is 5.32 Å². The van der Waals surface area contributed by atoms with Gasteiger partial charge in [0.2, 0.25) is 0 Å². The van der Waals surface area contributed by atoms with Gasteiger partial charge in [0.25, 0.3) is 5.91 Å². The van der Waals surface area contributed by atoms with Crippen molar-refractivity contribution < 1.29 is 9.21 Å². The first-order chi connectivity index (χ1) is 11.5. The molecule has 1 amide bonds. The quantitative estimate of drug-likeness (QED) is 0.679. The summed E-state index contributed by atoms with van der Waals surface area (Å²) in [5.74, 6) is 1.24. The van der Waals surface area contributed by atoms with Gasteiger partial charge in [0.05, 0.1) is 16.5 Å². The van der Waals surface area contributed by atoms with Gasteiger partial charge in [-0.15, -0.1) is 0 Å². The highest BCUT2D eigenvalue weighted by Crippen LogP contribution is 2.25. The topological polar surface area (TPSA) is 60.1 Å². The molecule has 0 saturated heterocycles. The minimum absolute atomic E-state index is 0.252. The van der Waals surface area contributed by atoms with E-state index in [1.165, 1.54) is 0 Å². The van der Waals surface area contributed by atoms with Gasteiger partial charge in [-0.25, -0.2) is 4.98 Å². The first-order valence-corrected chi connectivity index (χ1v) is 8.65. The van der Waals surface area contributed by atoms with Crippen LogP contribution in [0.1, 0.15) is 21.9 Å². The van der Waals surface area contributed by atoms with Crippen molar-refractivity contribution in [3.05, 3.63) is 64.8 Å². The number of nitrogens with zero attached hydrogens (tertiary/aromatic N) is 2. The number of amides is 1. The summed E-state index contributed by atoms with van der Waals surface area (Å²) in [5.41, 5.74) is 1.59.